The Morgan fingerprint density at radius 2 is 1.87 bits per heavy atom. The highest BCUT2D eigenvalue weighted by Crippen LogP contribution is 2.41. The summed E-state index contributed by atoms with van der Waals surface area (Å²) in [5, 5.41) is 0. The largest absolute Gasteiger partial charge is 0.353 e. The van der Waals surface area contributed by atoms with Crippen LogP contribution in [0, 0.1) is 0 Å². The van der Waals surface area contributed by atoms with Gasteiger partial charge in [0.05, 0.1) is 0 Å². The lowest BCUT2D eigenvalue weighted by molar-refractivity contribution is -0.224. The Kier molecular flexibility index (Phi) is 7.59. The van der Waals surface area contributed by atoms with Crippen molar-refractivity contribution in [3.8, 4) is 0 Å². The van der Waals surface area contributed by atoms with E-state index in [1.807, 2.05) is 19.9 Å². The molecule has 1 aliphatic carbocycles. The van der Waals surface area contributed by atoms with Crippen molar-refractivity contribution in [2.24, 2.45) is 0 Å². The highest BCUT2D eigenvalue weighted by atomic mass is 19.1. The van der Waals surface area contributed by atoms with Gasteiger partial charge in [0.2, 0.25) is 0 Å². The zero-order valence-corrected chi connectivity index (χ0v) is 14.7. The molecule has 0 bridgehead atoms. The molecule has 1 fully saturated rings. The predicted molar refractivity (Wildman–Crippen MR) is 93.8 cm³/mol. The Balaban J connectivity index is 0.00000127. The molecule has 2 rings (SSSR count). The van der Waals surface area contributed by atoms with E-state index in [1.54, 1.807) is 26.5 Å². The molecular weight excluding hydrogens is 293 g/mol. The normalized spacial score (nSPS) is 17.1. The molecule has 3 nitrogen and oxygen atoms in total. The Hall–Kier alpha value is -1.52. The third-order valence-electron chi connectivity index (χ3n) is 4.42. The molecule has 0 atom stereocenters. The molecular formula is C19H28FNO2. The average Bonchev–Trinajstić information content (AvgIpc) is 2.62. The van der Waals surface area contributed by atoms with Crippen LogP contribution in [0.4, 0.5) is 4.39 Å². The summed E-state index contributed by atoms with van der Waals surface area (Å²) in [6.45, 7) is 11.1. The maximum atomic E-state index is 13.5. The topological polar surface area (TPSA) is 31.4 Å². The molecule has 1 saturated carbocycles. The number of aromatic nitrogens is 1. The number of hydrogen-bond acceptors (Lipinski definition) is 3. The summed E-state index contributed by atoms with van der Waals surface area (Å²) in [7, 11) is 3.35. The Bertz CT molecular complexity index is 528. The lowest BCUT2D eigenvalue weighted by Gasteiger charge is -2.38. The molecule has 128 valence electrons. The number of halogens is 1. The molecule has 0 amide bonds. The molecule has 0 spiro atoms. The van der Waals surface area contributed by atoms with Gasteiger partial charge in [-0.25, -0.2) is 4.39 Å². The van der Waals surface area contributed by atoms with Crippen LogP contribution in [0.5, 0.6) is 0 Å². The average molecular weight is 321 g/mol. The van der Waals surface area contributed by atoms with Gasteiger partial charge in [0.15, 0.2) is 5.79 Å². The molecule has 23 heavy (non-hydrogen) atoms. The minimum atomic E-state index is -0.523. The highest BCUT2D eigenvalue weighted by Gasteiger charge is 2.36. The van der Waals surface area contributed by atoms with Crippen molar-refractivity contribution < 1.29 is 13.9 Å². The molecule has 0 radical (unpaired) electrons. The lowest BCUT2D eigenvalue weighted by atomic mass is 9.79. The summed E-state index contributed by atoms with van der Waals surface area (Å²) in [4.78, 5) is 4.07. The fourth-order valence-corrected chi connectivity index (χ4v) is 3.14. The Morgan fingerprint density at radius 3 is 2.30 bits per heavy atom. The maximum Gasteiger partial charge on any atom is 0.167 e. The third-order valence-corrected chi connectivity index (χ3v) is 4.42. The molecule has 0 saturated heterocycles. The summed E-state index contributed by atoms with van der Waals surface area (Å²) in [5.74, 6) is -0.673. The fourth-order valence-electron chi connectivity index (χ4n) is 3.14. The highest BCUT2D eigenvalue weighted by molar-refractivity contribution is 5.68. The monoisotopic (exact) mass is 321 g/mol. The smallest absolute Gasteiger partial charge is 0.167 e. The minimum Gasteiger partial charge on any atom is -0.353 e. The first kappa shape index (κ1) is 19.5. The third kappa shape index (κ3) is 4.27. The van der Waals surface area contributed by atoms with Gasteiger partial charge in [-0.3, -0.25) is 4.98 Å². The van der Waals surface area contributed by atoms with Crippen LogP contribution in [0.2, 0.25) is 0 Å². The van der Waals surface area contributed by atoms with Crippen molar-refractivity contribution in [3.63, 3.8) is 0 Å². The van der Waals surface area contributed by atoms with Crippen LogP contribution in [-0.2, 0) is 9.47 Å². The second-order valence-corrected chi connectivity index (χ2v) is 5.36. The van der Waals surface area contributed by atoms with Crippen LogP contribution in [0.1, 0.15) is 62.3 Å². The quantitative estimate of drug-likeness (QED) is 0.686. The van der Waals surface area contributed by atoms with Gasteiger partial charge in [0.1, 0.15) is 11.5 Å². The van der Waals surface area contributed by atoms with Crippen LogP contribution in [0.25, 0.3) is 11.9 Å². The summed E-state index contributed by atoms with van der Waals surface area (Å²) in [6.07, 6.45) is 6.77. The molecule has 1 aromatic rings. The standard InChI is InChI=1S/C17H22FNO2.C2H6/c1-5-14-15(8-11-19-16(14)12(2)18)13-6-9-17(20-3,21-4)10-7-13;1-2/h5,8,11,13H,1-2,6-7,9-10H2,3-4H3;1-2H3. The van der Waals surface area contributed by atoms with E-state index in [1.165, 1.54) is 0 Å². The van der Waals surface area contributed by atoms with Crippen molar-refractivity contribution in [1.29, 1.82) is 0 Å². The van der Waals surface area contributed by atoms with E-state index in [0.29, 0.717) is 5.92 Å². The SMILES string of the molecule is C=Cc1c(C2CCC(OC)(OC)CC2)ccnc1C(=C)F.CC. The molecule has 1 aliphatic rings. The molecule has 4 heteroatoms. The summed E-state index contributed by atoms with van der Waals surface area (Å²) in [5.41, 5.74) is 2.12. The van der Waals surface area contributed by atoms with Crippen molar-refractivity contribution in [2.45, 2.75) is 51.2 Å². The Morgan fingerprint density at radius 1 is 1.30 bits per heavy atom. The minimum absolute atomic E-state index is 0.290. The number of hydrogen-bond donors (Lipinski definition) is 0. The molecule has 0 aromatic carbocycles. The number of nitrogens with zero attached hydrogens (tertiary/aromatic N) is 1. The van der Waals surface area contributed by atoms with Gasteiger partial charge in [-0.2, -0.15) is 0 Å². The van der Waals surface area contributed by atoms with Crippen molar-refractivity contribution in [1.82, 2.24) is 4.98 Å². The second-order valence-electron chi connectivity index (χ2n) is 5.36. The van der Waals surface area contributed by atoms with Crippen LogP contribution < -0.4 is 0 Å². The van der Waals surface area contributed by atoms with E-state index < -0.39 is 11.6 Å². The Labute approximate surface area is 139 Å². The van der Waals surface area contributed by atoms with E-state index in [-0.39, 0.29) is 5.69 Å². The van der Waals surface area contributed by atoms with Crippen LogP contribution in [-0.4, -0.2) is 25.0 Å². The number of ether oxygens (including phenoxy) is 2. The first-order chi connectivity index (χ1) is 11.1. The summed E-state index contributed by atoms with van der Waals surface area (Å²) < 4.78 is 24.5. The molecule has 0 N–H and O–H groups in total. The van der Waals surface area contributed by atoms with Gasteiger partial charge < -0.3 is 9.47 Å². The number of pyridine rings is 1. The summed E-state index contributed by atoms with van der Waals surface area (Å²) >= 11 is 0. The van der Waals surface area contributed by atoms with E-state index in [4.69, 9.17) is 9.47 Å². The van der Waals surface area contributed by atoms with Gasteiger partial charge in [0.25, 0.3) is 0 Å². The van der Waals surface area contributed by atoms with E-state index in [2.05, 4.69) is 18.1 Å². The van der Waals surface area contributed by atoms with E-state index >= 15 is 0 Å². The van der Waals surface area contributed by atoms with Gasteiger partial charge >= 0.3 is 0 Å². The molecule has 0 aliphatic heterocycles. The van der Waals surface area contributed by atoms with Crippen molar-refractivity contribution in [2.75, 3.05) is 14.2 Å². The first-order valence-corrected chi connectivity index (χ1v) is 8.13. The van der Waals surface area contributed by atoms with Crippen LogP contribution in [0.3, 0.4) is 0 Å². The summed E-state index contributed by atoms with van der Waals surface area (Å²) in [6, 6.07) is 1.95. The number of rotatable bonds is 5. The number of methoxy groups -OCH3 is 2. The van der Waals surface area contributed by atoms with Gasteiger partial charge in [0, 0.05) is 38.8 Å². The van der Waals surface area contributed by atoms with Gasteiger partial charge in [-0.05, 0) is 30.4 Å². The van der Waals surface area contributed by atoms with Gasteiger partial charge in [-0.1, -0.05) is 33.1 Å². The maximum absolute atomic E-state index is 13.5. The predicted octanol–water partition coefficient (Wildman–Crippen LogP) is 5.34. The first-order valence-electron chi connectivity index (χ1n) is 8.13. The molecule has 1 heterocycles. The lowest BCUT2D eigenvalue weighted by Crippen LogP contribution is -2.37. The second kappa shape index (κ2) is 8.94. The zero-order chi connectivity index (χ0) is 17.5. The van der Waals surface area contributed by atoms with E-state index in [0.717, 1.165) is 36.8 Å². The van der Waals surface area contributed by atoms with E-state index in [9.17, 15) is 4.39 Å². The van der Waals surface area contributed by atoms with Crippen LogP contribution >= 0.6 is 0 Å². The molecule has 1 aromatic heterocycles. The fraction of sp³-hybridized carbons (Fsp3) is 0.526. The van der Waals surface area contributed by atoms with Crippen molar-refractivity contribution in [3.05, 3.63) is 42.2 Å². The zero-order valence-electron chi connectivity index (χ0n) is 14.7. The van der Waals surface area contributed by atoms with Gasteiger partial charge in [-0.15, -0.1) is 0 Å². The molecule has 0 unspecified atom stereocenters. The van der Waals surface area contributed by atoms with Crippen LogP contribution in [0.15, 0.2) is 25.4 Å². The van der Waals surface area contributed by atoms with Crippen molar-refractivity contribution >= 4 is 11.9 Å².